The number of halogens is 1. The number of alkyl halides is 1. The second-order valence-electron chi connectivity index (χ2n) is 4.08. The Balaban J connectivity index is 2.17. The predicted octanol–water partition coefficient (Wildman–Crippen LogP) is 1.79. The molecule has 5 heteroatoms. The van der Waals surface area contributed by atoms with Crippen molar-refractivity contribution in [3.63, 3.8) is 0 Å². The van der Waals surface area contributed by atoms with Crippen molar-refractivity contribution in [2.45, 2.75) is 31.7 Å². The summed E-state index contributed by atoms with van der Waals surface area (Å²) >= 11 is 5.83. The maximum atomic E-state index is 5.83. The summed E-state index contributed by atoms with van der Waals surface area (Å²) in [5, 5.41) is 8.29. The fourth-order valence-electron chi connectivity index (χ4n) is 1.82. The first-order valence-electron chi connectivity index (χ1n) is 5.25. The molecule has 4 nitrogen and oxygen atoms in total. The van der Waals surface area contributed by atoms with Crippen LogP contribution < -0.4 is 0 Å². The van der Waals surface area contributed by atoms with Gasteiger partial charge in [-0.15, -0.1) is 16.7 Å². The first-order chi connectivity index (χ1) is 7.27. The van der Waals surface area contributed by atoms with Crippen LogP contribution >= 0.6 is 11.6 Å². The molecule has 0 saturated heterocycles. The van der Waals surface area contributed by atoms with Gasteiger partial charge in [-0.3, -0.25) is 0 Å². The van der Waals surface area contributed by atoms with Gasteiger partial charge in [0.15, 0.2) is 0 Å². The minimum atomic E-state index is 0.431. The standard InChI is InChI=1S/C10H16ClN3O/c1-7-5-10(7)14-9(3-4-15-2)8(6-11)12-13-14/h7,10H,3-6H2,1-2H3. The molecule has 1 saturated carbocycles. The average molecular weight is 230 g/mol. The molecule has 0 bridgehead atoms. The van der Waals surface area contributed by atoms with E-state index < -0.39 is 0 Å². The van der Waals surface area contributed by atoms with Crippen LogP contribution in [0.4, 0.5) is 0 Å². The highest BCUT2D eigenvalue weighted by Gasteiger charge is 2.37. The van der Waals surface area contributed by atoms with Gasteiger partial charge in [-0.1, -0.05) is 12.1 Å². The molecule has 2 unspecified atom stereocenters. The van der Waals surface area contributed by atoms with Crippen LogP contribution in [0.5, 0.6) is 0 Å². The van der Waals surface area contributed by atoms with Crippen LogP contribution in [0.25, 0.3) is 0 Å². The van der Waals surface area contributed by atoms with Crippen molar-refractivity contribution in [2.75, 3.05) is 13.7 Å². The lowest BCUT2D eigenvalue weighted by molar-refractivity contribution is 0.200. The van der Waals surface area contributed by atoms with Crippen LogP contribution in [0, 0.1) is 5.92 Å². The molecule has 2 rings (SSSR count). The Labute approximate surface area is 94.6 Å². The molecule has 1 fully saturated rings. The zero-order valence-electron chi connectivity index (χ0n) is 9.11. The molecule has 1 aliphatic carbocycles. The molecule has 1 heterocycles. The third-order valence-corrected chi connectivity index (χ3v) is 3.18. The number of rotatable bonds is 5. The smallest absolute Gasteiger partial charge is 0.101 e. The number of methoxy groups -OCH3 is 1. The lowest BCUT2D eigenvalue weighted by atomic mass is 10.2. The highest BCUT2D eigenvalue weighted by atomic mass is 35.5. The summed E-state index contributed by atoms with van der Waals surface area (Å²) in [6.07, 6.45) is 2.04. The summed E-state index contributed by atoms with van der Waals surface area (Å²) in [4.78, 5) is 0. The van der Waals surface area contributed by atoms with E-state index in [2.05, 4.69) is 17.2 Å². The molecule has 0 aliphatic heterocycles. The topological polar surface area (TPSA) is 39.9 Å². The largest absolute Gasteiger partial charge is 0.384 e. The van der Waals surface area contributed by atoms with Gasteiger partial charge < -0.3 is 4.74 Å². The van der Waals surface area contributed by atoms with E-state index in [4.69, 9.17) is 16.3 Å². The molecule has 1 aromatic rings. The zero-order valence-corrected chi connectivity index (χ0v) is 9.87. The van der Waals surface area contributed by atoms with E-state index in [1.807, 2.05) is 4.68 Å². The first kappa shape index (κ1) is 10.9. The van der Waals surface area contributed by atoms with Crippen molar-refractivity contribution in [2.24, 2.45) is 5.92 Å². The summed E-state index contributed by atoms with van der Waals surface area (Å²) in [5.74, 6) is 1.15. The van der Waals surface area contributed by atoms with Gasteiger partial charge in [-0.05, 0) is 12.3 Å². The number of ether oxygens (including phenoxy) is 1. The Morgan fingerprint density at radius 1 is 1.60 bits per heavy atom. The Bertz CT molecular complexity index is 339. The Morgan fingerprint density at radius 3 is 2.87 bits per heavy atom. The van der Waals surface area contributed by atoms with Crippen molar-refractivity contribution in [1.29, 1.82) is 0 Å². The molecule has 1 aromatic heterocycles. The van der Waals surface area contributed by atoms with Gasteiger partial charge in [-0.2, -0.15) is 0 Å². The van der Waals surface area contributed by atoms with Crippen molar-refractivity contribution >= 4 is 11.6 Å². The summed E-state index contributed by atoms with van der Waals surface area (Å²) in [6, 6.07) is 0.529. The number of hydrogen-bond donors (Lipinski definition) is 0. The van der Waals surface area contributed by atoms with Crippen LogP contribution in [0.15, 0.2) is 0 Å². The molecule has 0 spiro atoms. The van der Waals surface area contributed by atoms with Gasteiger partial charge in [0.25, 0.3) is 0 Å². The molecule has 0 radical (unpaired) electrons. The minimum Gasteiger partial charge on any atom is -0.384 e. The average Bonchev–Trinajstić information content (AvgIpc) is 2.81. The third-order valence-electron chi connectivity index (χ3n) is 2.92. The van der Waals surface area contributed by atoms with Gasteiger partial charge in [0.1, 0.15) is 5.69 Å². The lowest BCUT2D eigenvalue weighted by Gasteiger charge is -2.05. The van der Waals surface area contributed by atoms with Gasteiger partial charge in [0.2, 0.25) is 0 Å². The molecule has 0 N–H and O–H groups in total. The van der Waals surface area contributed by atoms with Gasteiger partial charge >= 0.3 is 0 Å². The normalized spacial score (nSPS) is 24.5. The van der Waals surface area contributed by atoms with Crippen molar-refractivity contribution in [1.82, 2.24) is 15.0 Å². The van der Waals surface area contributed by atoms with E-state index in [1.165, 1.54) is 6.42 Å². The second-order valence-corrected chi connectivity index (χ2v) is 4.35. The Morgan fingerprint density at radius 2 is 2.33 bits per heavy atom. The molecule has 84 valence electrons. The summed E-state index contributed by atoms with van der Waals surface area (Å²) < 4.78 is 7.11. The summed E-state index contributed by atoms with van der Waals surface area (Å²) in [6.45, 7) is 2.92. The fourth-order valence-corrected chi connectivity index (χ4v) is 2.02. The first-order valence-corrected chi connectivity index (χ1v) is 5.79. The SMILES string of the molecule is COCCc1c(CCl)nnn1C1CC1C. The monoisotopic (exact) mass is 229 g/mol. The number of hydrogen-bond acceptors (Lipinski definition) is 3. The zero-order chi connectivity index (χ0) is 10.8. The van der Waals surface area contributed by atoms with Crippen molar-refractivity contribution < 1.29 is 4.74 Å². The lowest BCUT2D eigenvalue weighted by Crippen LogP contribution is -2.07. The molecule has 0 amide bonds. The maximum Gasteiger partial charge on any atom is 0.101 e. The highest BCUT2D eigenvalue weighted by molar-refractivity contribution is 6.16. The molecule has 1 aliphatic rings. The second kappa shape index (κ2) is 4.49. The van der Waals surface area contributed by atoms with E-state index in [0.717, 1.165) is 23.7 Å². The molecule has 0 aromatic carbocycles. The van der Waals surface area contributed by atoms with Crippen LogP contribution in [0.3, 0.4) is 0 Å². The number of nitrogens with zero attached hydrogens (tertiary/aromatic N) is 3. The van der Waals surface area contributed by atoms with Crippen LogP contribution in [-0.4, -0.2) is 28.7 Å². The Kier molecular flexibility index (Phi) is 3.26. The Hall–Kier alpha value is -0.610. The fraction of sp³-hybridized carbons (Fsp3) is 0.800. The third kappa shape index (κ3) is 2.16. The summed E-state index contributed by atoms with van der Waals surface area (Å²) in [5.41, 5.74) is 2.04. The number of aromatic nitrogens is 3. The predicted molar refractivity (Wildman–Crippen MR) is 58.0 cm³/mol. The van der Waals surface area contributed by atoms with Gasteiger partial charge in [0, 0.05) is 13.5 Å². The van der Waals surface area contributed by atoms with E-state index >= 15 is 0 Å². The molecule has 15 heavy (non-hydrogen) atoms. The molecular weight excluding hydrogens is 214 g/mol. The maximum absolute atomic E-state index is 5.83. The van der Waals surface area contributed by atoms with E-state index in [1.54, 1.807) is 7.11 Å². The van der Waals surface area contributed by atoms with Crippen LogP contribution in [0.2, 0.25) is 0 Å². The van der Waals surface area contributed by atoms with Crippen molar-refractivity contribution in [3.8, 4) is 0 Å². The molecular formula is C10H16ClN3O. The van der Waals surface area contributed by atoms with Gasteiger partial charge in [0.05, 0.1) is 24.2 Å². The van der Waals surface area contributed by atoms with E-state index in [9.17, 15) is 0 Å². The van der Waals surface area contributed by atoms with Gasteiger partial charge in [-0.25, -0.2) is 4.68 Å². The molecule has 2 atom stereocenters. The van der Waals surface area contributed by atoms with E-state index in [0.29, 0.717) is 18.5 Å². The quantitative estimate of drug-likeness (QED) is 0.723. The highest BCUT2D eigenvalue weighted by Crippen LogP contribution is 2.43. The van der Waals surface area contributed by atoms with Crippen molar-refractivity contribution in [3.05, 3.63) is 11.4 Å². The van der Waals surface area contributed by atoms with E-state index in [-0.39, 0.29) is 0 Å². The van der Waals surface area contributed by atoms with Crippen LogP contribution in [-0.2, 0) is 17.0 Å². The van der Waals surface area contributed by atoms with Crippen LogP contribution in [0.1, 0.15) is 30.8 Å². The minimum absolute atomic E-state index is 0.431. The summed E-state index contributed by atoms with van der Waals surface area (Å²) in [7, 11) is 1.70.